The number of rotatable bonds is 3. The molecule has 0 aliphatic rings. The summed E-state index contributed by atoms with van der Waals surface area (Å²) in [6.07, 6.45) is 0. The van der Waals surface area contributed by atoms with Crippen LogP contribution >= 0.6 is 34.2 Å². The quantitative estimate of drug-likeness (QED) is 0.586. The Labute approximate surface area is 136 Å². The molecule has 106 valence electrons. The van der Waals surface area contributed by atoms with Crippen LogP contribution < -0.4 is 10.5 Å². The molecule has 3 N–H and O–H groups in total. The Kier molecular flexibility index (Phi) is 4.46. The van der Waals surface area contributed by atoms with Gasteiger partial charge in [0.1, 0.15) is 4.90 Å². The molecule has 0 atom stereocenters. The normalized spacial score (nSPS) is 11.3. The zero-order valence-electron chi connectivity index (χ0n) is 10.5. The zero-order chi connectivity index (χ0) is 14.9. The van der Waals surface area contributed by atoms with Crippen molar-refractivity contribution in [3.63, 3.8) is 0 Å². The maximum absolute atomic E-state index is 12.4. The minimum Gasteiger partial charge on any atom is -0.398 e. The molecule has 0 spiro atoms. The second-order valence-corrected chi connectivity index (χ2v) is 7.50. The maximum atomic E-state index is 12.4. The van der Waals surface area contributed by atoms with Gasteiger partial charge in [0.05, 0.1) is 16.4 Å². The van der Waals surface area contributed by atoms with Crippen molar-refractivity contribution in [2.75, 3.05) is 10.5 Å². The standard InChI is InChI=1S/C13H12ClIN2O2S/c1-8-3-2-4-11(16)13(8)20(18,19)17-12-6-5-9(15)7-10(12)14/h2-7,17H,16H2,1H3. The summed E-state index contributed by atoms with van der Waals surface area (Å²) >= 11 is 8.14. The summed E-state index contributed by atoms with van der Waals surface area (Å²) < 4.78 is 28.2. The van der Waals surface area contributed by atoms with Crippen molar-refractivity contribution in [3.8, 4) is 0 Å². The molecule has 0 aliphatic heterocycles. The minimum absolute atomic E-state index is 0.0783. The third-order valence-electron chi connectivity index (χ3n) is 2.69. The molecule has 0 aliphatic carbocycles. The SMILES string of the molecule is Cc1cccc(N)c1S(=O)(=O)Nc1ccc(I)cc1Cl. The van der Waals surface area contributed by atoms with Crippen molar-refractivity contribution in [1.29, 1.82) is 0 Å². The average Bonchev–Trinajstić information content (AvgIpc) is 2.32. The smallest absolute Gasteiger partial charge is 0.264 e. The molecule has 0 fully saturated rings. The van der Waals surface area contributed by atoms with Gasteiger partial charge >= 0.3 is 0 Å². The van der Waals surface area contributed by atoms with Crippen molar-refractivity contribution >= 4 is 55.6 Å². The van der Waals surface area contributed by atoms with Crippen LogP contribution in [0.3, 0.4) is 0 Å². The van der Waals surface area contributed by atoms with Crippen molar-refractivity contribution in [1.82, 2.24) is 0 Å². The first kappa shape index (κ1) is 15.4. The average molecular weight is 423 g/mol. The molecule has 2 rings (SSSR count). The number of nitrogens with two attached hydrogens (primary N) is 1. The summed E-state index contributed by atoms with van der Waals surface area (Å²) in [6, 6.07) is 10.0. The Morgan fingerprint density at radius 2 is 1.95 bits per heavy atom. The fourth-order valence-corrected chi connectivity index (χ4v) is 4.21. The van der Waals surface area contributed by atoms with Gasteiger partial charge in [-0.3, -0.25) is 4.72 Å². The van der Waals surface area contributed by atoms with E-state index in [0.29, 0.717) is 16.3 Å². The van der Waals surface area contributed by atoms with Crippen LogP contribution in [0.25, 0.3) is 0 Å². The Balaban J connectivity index is 2.46. The lowest BCUT2D eigenvalue weighted by Crippen LogP contribution is -2.16. The fourth-order valence-electron chi connectivity index (χ4n) is 1.81. The lowest BCUT2D eigenvalue weighted by Gasteiger charge is -2.13. The predicted octanol–water partition coefficient (Wildman–Crippen LogP) is 3.64. The molecule has 20 heavy (non-hydrogen) atoms. The summed E-state index contributed by atoms with van der Waals surface area (Å²) in [5, 5.41) is 0.340. The number of hydrogen-bond acceptors (Lipinski definition) is 3. The van der Waals surface area contributed by atoms with Gasteiger partial charge < -0.3 is 5.73 Å². The Morgan fingerprint density at radius 1 is 1.25 bits per heavy atom. The predicted molar refractivity (Wildman–Crippen MR) is 90.6 cm³/mol. The topological polar surface area (TPSA) is 72.2 Å². The molecule has 0 heterocycles. The molecule has 2 aromatic rings. The summed E-state index contributed by atoms with van der Waals surface area (Å²) in [7, 11) is -3.77. The molecule has 0 bridgehead atoms. The van der Waals surface area contributed by atoms with E-state index in [1.807, 2.05) is 0 Å². The van der Waals surface area contributed by atoms with Crippen LogP contribution in [0, 0.1) is 10.5 Å². The third-order valence-corrected chi connectivity index (χ3v) is 5.25. The van der Waals surface area contributed by atoms with Gasteiger partial charge in [-0.2, -0.15) is 0 Å². The van der Waals surface area contributed by atoms with Crippen molar-refractivity contribution < 1.29 is 8.42 Å². The van der Waals surface area contributed by atoms with Gasteiger partial charge in [-0.1, -0.05) is 23.7 Å². The highest BCUT2D eigenvalue weighted by Crippen LogP contribution is 2.29. The van der Waals surface area contributed by atoms with E-state index >= 15 is 0 Å². The van der Waals surface area contributed by atoms with E-state index in [0.717, 1.165) is 3.57 Å². The molecule has 0 unspecified atom stereocenters. The lowest BCUT2D eigenvalue weighted by atomic mass is 10.2. The molecular formula is C13H12ClIN2O2S. The molecule has 0 amide bonds. The highest BCUT2D eigenvalue weighted by Gasteiger charge is 2.20. The van der Waals surface area contributed by atoms with Crippen LogP contribution in [-0.4, -0.2) is 8.42 Å². The fraction of sp³-hybridized carbons (Fsp3) is 0.0769. The number of benzene rings is 2. The van der Waals surface area contributed by atoms with Crippen LogP contribution in [0.1, 0.15) is 5.56 Å². The first-order chi connectivity index (χ1) is 9.31. The van der Waals surface area contributed by atoms with E-state index in [-0.39, 0.29) is 10.6 Å². The Hall–Kier alpha value is -0.990. The summed E-state index contributed by atoms with van der Waals surface area (Å²) in [5.41, 5.74) is 6.89. The molecule has 2 aromatic carbocycles. The van der Waals surface area contributed by atoms with E-state index in [9.17, 15) is 8.42 Å². The molecule has 0 aromatic heterocycles. The van der Waals surface area contributed by atoms with E-state index in [1.54, 1.807) is 43.3 Å². The molecule has 7 heteroatoms. The van der Waals surface area contributed by atoms with Crippen molar-refractivity contribution in [3.05, 3.63) is 50.6 Å². The lowest BCUT2D eigenvalue weighted by molar-refractivity contribution is 0.601. The largest absolute Gasteiger partial charge is 0.398 e. The monoisotopic (exact) mass is 422 g/mol. The van der Waals surface area contributed by atoms with E-state index in [1.165, 1.54) is 0 Å². The van der Waals surface area contributed by atoms with E-state index in [2.05, 4.69) is 27.3 Å². The molecule has 0 saturated heterocycles. The first-order valence-electron chi connectivity index (χ1n) is 5.64. The number of aryl methyl sites for hydroxylation is 1. The summed E-state index contributed by atoms with van der Waals surface area (Å²) in [6.45, 7) is 1.69. The van der Waals surface area contributed by atoms with Gasteiger partial charge in [-0.05, 0) is 59.3 Å². The van der Waals surface area contributed by atoms with Crippen LogP contribution in [0.5, 0.6) is 0 Å². The molecule has 4 nitrogen and oxygen atoms in total. The van der Waals surface area contributed by atoms with Gasteiger partial charge in [0.15, 0.2) is 0 Å². The second kappa shape index (κ2) is 5.79. The van der Waals surface area contributed by atoms with Crippen LogP contribution in [0.15, 0.2) is 41.3 Å². The Bertz CT molecular complexity index is 743. The molecule has 0 radical (unpaired) electrons. The third kappa shape index (κ3) is 3.18. The maximum Gasteiger partial charge on any atom is 0.264 e. The number of anilines is 2. The zero-order valence-corrected chi connectivity index (χ0v) is 14.3. The van der Waals surface area contributed by atoms with Gasteiger partial charge in [-0.15, -0.1) is 0 Å². The van der Waals surface area contributed by atoms with Gasteiger partial charge in [0.25, 0.3) is 10.0 Å². The van der Waals surface area contributed by atoms with Crippen LogP contribution in [0.2, 0.25) is 5.02 Å². The van der Waals surface area contributed by atoms with Crippen LogP contribution in [-0.2, 0) is 10.0 Å². The van der Waals surface area contributed by atoms with E-state index in [4.69, 9.17) is 17.3 Å². The second-order valence-electron chi connectivity index (χ2n) is 4.22. The highest BCUT2D eigenvalue weighted by molar-refractivity contribution is 14.1. The van der Waals surface area contributed by atoms with Gasteiger partial charge in [0.2, 0.25) is 0 Å². The summed E-state index contributed by atoms with van der Waals surface area (Å²) in [5.74, 6) is 0. The minimum atomic E-state index is -3.77. The number of hydrogen-bond donors (Lipinski definition) is 2. The number of halogens is 2. The molecular weight excluding hydrogens is 411 g/mol. The first-order valence-corrected chi connectivity index (χ1v) is 8.58. The number of nitrogen functional groups attached to an aromatic ring is 1. The number of nitrogens with one attached hydrogen (secondary N) is 1. The van der Waals surface area contributed by atoms with Crippen LogP contribution in [0.4, 0.5) is 11.4 Å². The summed E-state index contributed by atoms with van der Waals surface area (Å²) in [4.78, 5) is 0.0783. The molecule has 0 saturated carbocycles. The van der Waals surface area contributed by atoms with Gasteiger partial charge in [0, 0.05) is 3.57 Å². The Morgan fingerprint density at radius 3 is 2.55 bits per heavy atom. The van der Waals surface area contributed by atoms with E-state index < -0.39 is 10.0 Å². The highest BCUT2D eigenvalue weighted by atomic mass is 127. The van der Waals surface area contributed by atoms with Gasteiger partial charge in [-0.25, -0.2) is 8.42 Å². The van der Waals surface area contributed by atoms with Crippen molar-refractivity contribution in [2.45, 2.75) is 11.8 Å². The van der Waals surface area contributed by atoms with Crippen molar-refractivity contribution in [2.24, 2.45) is 0 Å². The number of sulfonamides is 1.